The molecule has 1 heterocycles. The Bertz CT molecular complexity index is 1380. The molecule has 150 valence electrons. The van der Waals surface area contributed by atoms with E-state index in [4.69, 9.17) is 21.3 Å². The van der Waals surface area contributed by atoms with Gasteiger partial charge in [-0.3, -0.25) is 0 Å². The van der Waals surface area contributed by atoms with Crippen molar-refractivity contribution in [3.8, 4) is 39.3 Å². The van der Waals surface area contributed by atoms with Gasteiger partial charge in [-0.2, -0.15) is 0 Å². The van der Waals surface area contributed by atoms with Gasteiger partial charge in [-0.25, -0.2) is 4.98 Å². The molecule has 0 radical (unpaired) electrons. The standard InChI is InChI=1S/C28H20ClNO/c1-31-24-17-22(16-23(29)18-24)26-8-4-3-7-25(26)19-10-12-21(13-11-19)28-15-14-20-6-2-5-9-27(20)30-28/h2-18H,1H3. The normalized spacial score (nSPS) is 10.9. The van der Waals surface area contributed by atoms with E-state index in [0.29, 0.717) is 5.02 Å². The van der Waals surface area contributed by atoms with Gasteiger partial charge in [0.1, 0.15) is 5.75 Å². The molecular formula is C28H20ClNO. The molecule has 0 saturated carbocycles. The van der Waals surface area contributed by atoms with Crippen LogP contribution in [0.5, 0.6) is 5.75 Å². The minimum absolute atomic E-state index is 0.655. The third-order valence-electron chi connectivity index (χ3n) is 5.44. The first kappa shape index (κ1) is 19.3. The molecular weight excluding hydrogens is 402 g/mol. The Kier molecular flexibility index (Phi) is 5.15. The number of hydrogen-bond donors (Lipinski definition) is 0. The Labute approximate surface area is 186 Å². The first-order valence-electron chi connectivity index (χ1n) is 10.1. The van der Waals surface area contributed by atoms with Crippen LogP contribution in [0.4, 0.5) is 0 Å². The maximum Gasteiger partial charge on any atom is 0.120 e. The molecule has 0 bridgehead atoms. The fourth-order valence-electron chi connectivity index (χ4n) is 3.87. The van der Waals surface area contributed by atoms with Crippen molar-refractivity contribution in [1.29, 1.82) is 0 Å². The second kappa shape index (κ2) is 8.25. The fourth-order valence-corrected chi connectivity index (χ4v) is 4.10. The molecule has 0 saturated heterocycles. The highest BCUT2D eigenvalue weighted by atomic mass is 35.5. The summed E-state index contributed by atoms with van der Waals surface area (Å²) in [5.41, 5.74) is 7.49. The zero-order valence-electron chi connectivity index (χ0n) is 17.0. The monoisotopic (exact) mass is 421 g/mol. The zero-order chi connectivity index (χ0) is 21.2. The molecule has 0 amide bonds. The van der Waals surface area contributed by atoms with E-state index in [1.54, 1.807) is 7.11 Å². The number of nitrogens with zero attached hydrogens (tertiary/aromatic N) is 1. The average Bonchev–Trinajstić information content (AvgIpc) is 2.83. The van der Waals surface area contributed by atoms with Crippen molar-refractivity contribution in [2.24, 2.45) is 0 Å². The molecule has 0 fully saturated rings. The van der Waals surface area contributed by atoms with Crippen LogP contribution in [0.3, 0.4) is 0 Å². The van der Waals surface area contributed by atoms with Crippen molar-refractivity contribution >= 4 is 22.5 Å². The van der Waals surface area contributed by atoms with Crippen molar-refractivity contribution in [2.45, 2.75) is 0 Å². The van der Waals surface area contributed by atoms with Gasteiger partial charge in [0, 0.05) is 16.0 Å². The molecule has 0 unspecified atom stereocenters. The van der Waals surface area contributed by atoms with Crippen LogP contribution in [0.25, 0.3) is 44.4 Å². The van der Waals surface area contributed by atoms with Crippen LogP contribution in [-0.4, -0.2) is 12.1 Å². The molecule has 0 N–H and O–H groups in total. The quantitative estimate of drug-likeness (QED) is 0.294. The molecule has 1 aromatic heterocycles. The number of fused-ring (bicyclic) bond motifs is 1. The van der Waals surface area contributed by atoms with Crippen LogP contribution in [-0.2, 0) is 0 Å². The number of rotatable bonds is 4. The molecule has 5 rings (SSSR count). The van der Waals surface area contributed by atoms with Crippen molar-refractivity contribution in [3.05, 3.63) is 108 Å². The molecule has 0 aliphatic carbocycles. The van der Waals surface area contributed by atoms with Crippen LogP contribution < -0.4 is 4.74 Å². The molecule has 3 heteroatoms. The number of benzene rings is 4. The summed E-state index contributed by atoms with van der Waals surface area (Å²) in [6.45, 7) is 0. The van der Waals surface area contributed by atoms with Crippen molar-refractivity contribution in [3.63, 3.8) is 0 Å². The predicted molar refractivity (Wildman–Crippen MR) is 130 cm³/mol. The van der Waals surface area contributed by atoms with E-state index in [2.05, 4.69) is 60.7 Å². The summed E-state index contributed by atoms with van der Waals surface area (Å²) in [5, 5.41) is 1.80. The van der Waals surface area contributed by atoms with Crippen LogP contribution >= 0.6 is 11.6 Å². The number of pyridine rings is 1. The number of para-hydroxylation sites is 1. The van der Waals surface area contributed by atoms with Crippen molar-refractivity contribution in [1.82, 2.24) is 4.98 Å². The second-order valence-corrected chi connectivity index (χ2v) is 7.83. The maximum absolute atomic E-state index is 6.32. The molecule has 4 aromatic carbocycles. The minimum atomic E-state index is 0.655. The lowest BCUT2D eigenvalue weighted by Crippen LogP contribution is -1.89. The average molecular weight is 422 g/mol. The Balaban J connectivity index is 1.54. The second-order valence-electron chi connectivity index (χ2n) is 7.39. The predicted octanol–water partition coefficient (Wildman–Crippen LogP) is 7.90. The number of hydrogen-bond acceptors (Lipinski definition) is 2. The molecule has 2 nitrogen and oxygen atoms in total. The molecule has 0 aliphatic heterocycles. The minimum Gasteiger partial charge on any atom is -0.497 e. The maximum atomic E-state index is 6.32. The molecule has 31 heavy (non-hydrogen) atoms. The fraction of sp³-hybridized carbons (Fsp3) is 0.0357. The van der Waals surface area contributed by atoms with Gasteiger partial charge in [-0.1, -0.05) is 84.4 Å². The number of halogens is 1. The summed E-state index contributed by atoms with van der Waals surface area (Å²) >= 11 is 6.32. The summed E-state index contributed by atoms with van der Waals surface area (Å²) in [5.74, 6) is 0.745. The van der Waals surface area contributed by atoms with Gasteiger partial charge in [-0.05, 0) is 52.6 Å². The van der Waals surface area contributed by atoms with E-state index >= 15 is 0 Å². The van der Waals surface area contributed by atoms with E-state index < -0.39 is 0 Å². The zero-order valence-corrected chi connectivity index (χ0v) is 17.8. The van der Waals surface area contributed by atoms with E-state index in [1.807, 2.05) is 42.5 Å². The topological polar surface area (TPSA) is 22.1 Å². The van der Waals surface area contributed by atoms with Gasteiger partial charge in [0.2, 0.25) is 0 Å². The van der Waals surface area contributed by atoms with Crippen molar-refractivity contribution < 1.29 is 4.74 Å². The Morgan fingerprint density at radius 3 is 2.10 bits per heavy atom. The molecule has 0 aliphatic rings. The van der Waals surface area contributed by atoms with E-state index in [0.717, 1.165) is 50.2 Å². The van der Waals surface area contributed by atoms with Crippen LogP contribution in [0.2, 0.25) is 5.02 Å². The lowest BCUT2D eigenvalue weighted by atomic mass is 9.93. The van der Waals surface area contributed by atoms with Crippen LogP contribution in [0.1, 0.15) is 0 Å². The Morgan fingerprint density at radius 1 is 0.645 bits per heavy atom. The Morgan fingerprint density at radius 2 is 1.32 bits per heavy atom. The summed E-state index contributed by atoms with van der Waals surface area (Å²) in [7, 11) is 1.65. The largest absolute Gasteiger partial charge is 0.497 e. The highest BCUT2D eigenvalue weighted by Gasteiger charge is 2.10. The van der Waals surface area contributed by atoms with Gasteiger partial charge in [-0.15, -0.1) is 0 Å². The number of methoxy groups -OCH3 is 1. The van der Waals surface area contributed by atoms with Crippen LogP contribution in [0.15, 0.2) is 103 Å². The van der Waals surface area contributed by atoms with E-state index in [-0.39, 0.29) is 0 Å². The SMILES string of the molecule is COc1cc(Cl)cc(-c2ccccc2-c2ccc(-c3ccc4ccccc4n3)cc2)c1. The first-order valence-corrected chi connectivity index (χ1v) is 10.5. The van der Waals surface area contributed by atoms with E-state index in [9.17, 15) is 0 Å². The first-order chi connectivity index (χ1) is 15.2. The van der Waals surface area contributed by atoms with Crippen LogP contribution in [0, 0.1) is 0 Å². The summed E-state index contributed by atoms with van der Waals surface area (Å²) in [6, 6.07) is 35.0. The summed E-state index contributed by atoms with van der Waals surface area (Å²) < 4.78 is 5.41. The summed E-state index contributed by atoms with van der Waals surface area (Å²) in [4.78, 5) is 4.81. The van der Waals surface area contributed by atoms with Crippen molar-refractivity contribution in [2.75, 3.05) is 7.11 Å². The molecule has 0 spiro atoms. The highest BCUT2D eigenvalue weighted by molar-refractivity contribution is 6.31. The van der Waals surface area contributed by atoms with Gasteiger partial charge in [0.25, 0.3) is 0 Å². The molecule has 5 aromatic rings. The number of ether oxygens (including phenoxy) is 1. The Hall–Kier alpha value is -3.62. The third-order valence-corrected chi connectivity index (χ3v) is 5.65. The lowest BCUT2D eigenvalue weighted by Gasteiger charge is -2.12. The van der Waals surface area contributed by atoms with Gasteiger partial charge in [0.05, 0.1) is 18.3 Å². The molecule has 0 atom stereocenters. The van der Waals surface area contributed by atoms with Gasteiger partial charge in [0.15, 0.2) is 0 Å². The van der Waals surface area contributed by atoms with Gasteiger partial charge < -0.3 is 4.74 Å². The van der Waals surface area contributed by atoms with E-state index in [1.165, 1.54) is 0 Å². The number of aromatic nitrogens is 1. The summed E-state index contributed by atoms with van der Waals surface area (Å²) in [6.07, 6.45) is 0. The van der Waals surface area contributed by atoms with Gasteiger partial charge >= 0.3 is 0 Å². The smallest absolute Gasteiger partial charge is 0.120 e. The highest BCUT2D eigenvalue weighted by Crippen LogP contribution is 2.36. The lowest BCUT2D eigenvalue weighted by molar-refractivity contribution is 0.415. The third kappa shape index (κ3) is 3.90.